The molecule has 4 heteroatoms. The number of rotatable bonds is 3. The topological polar surface area (TPSA) is 42.0 Å². The Labute approximate surface area is 79.3 Å². The number of ketones is 1. The molecule has 1 heterocycles. The molecule has 0 radical (unpaired) electrons. The molecule has 0 aromatic carbocycles. The summed E-state index contributed by atoms with van der Waals surface area (Å²) in [6, 6.07) is 1.76. The maximum absolute atomic E-state index is 11.3. The van der Waals surface area contributed by atoms with Gasteiger partial charge in [0, 0.05) is 22.4 Å². The Morgan fingerprint density at radius 2 is 2.42 bits per heavy atom. The second-order valence-corrected chi connectivity index (χ2v) is 3.26. The Morgan fingerprint density at radius 1 is 1.67 bits per heavy atom. The van der Waals surface area contributed by atoms with Gasteiger partial charge < -0.3 is 5.32 Å². The van der Waals surface area contributed by atoms with E-state index in [1.807, 2.05) is 0 Å². The molecule has 0 atom stereocenters. The molecule has 0 unspecified atom stereocenters. The lowest BCUT2D eigenvalue weighted by Gasteiger charge is -1.98. The third-order valence-electron chi connectivity index (χ3n) is 1.36. The van der Waals surface area contributed by atoms with E-state index in [0.717, 1.165) is 4.47 Å². The summed E-state index contributed by atoms with van der Waals surface area (Å²) in [7, 11) is 1.74. The Bertz CT molecular complexity index is 288. The van der Waals surface area contributed by atoms with Crippen LogP contribution in [0.5, 0.6) is 0 Å². The zero-order chi connectivity index (χ0) is 8.97. The van der Waals surface area contributed by atoms with Gasteiger partial charge in [0.2, 0.25) is 0 Å². The van der Waals surface area contributed by atoms with Gasteiger partial charge in [0.1, 0.15) is 0 Å². The summed E-state index contributed by atoms with van der Waals surface area (Å²) in [4.78, 5) is 15.2. The van der Waals surface area contributed by atoms with Gasteiger partial charge in [-0.15, -0.1) is 0 Å². The number of hydrogen-bond donors (Lipinski definition) is 1. The molecule has 0 saturated carbocycles. The zero-order valence-corrected chi connectivity index (χ0v) is 8.26. The first-order valence-electron chi connectivity index (χ1n) is 3.52. The van der Waals surface area contributed by atoms with E-state index in [1.165, 1.54) is 0 Å². The third kappa shape index (κ3) is 2.39. The number of carbonyl (C=O) groups excluding carboxylic acids is 1. The van der Waals surface area contributed by atoms with E-state index >= 15 is 0 Å². The molecule has 1 aromatic heterocycles. The van der Waals surface area contributed by atoms with Gasteiger partial charge in [-0.1, -0.05) is 0 Å². The first-order chi connectivity index (χ1) is 5.74. The lowest BCUT2D eigenvalue weighted by atomic mass is 10.2. The van der Waals surface area contributed by atoms with Gasteiger partial charge in [-0.25, -0.2) is 0 Å². The molecule has 1 N–H and O–H groups in total. The molecule has 1 aromatic rings. The molecule has 0 fully saturated rings. The molecule has 1 rings (SSSR count). The van der Waals surface area contributed by atoms with Crippen LogP contribution in [0.15, 0.2) is 22.9 Å². The third-order valence-corrected chi connectivity index (χ3v) is 1.80. The summed E-state index contributed by atoms with van der Waals surface area (Å²) in [5.41, 5.74) is 0.624. The van der Waals surface area contributed by atoms with Crippen molar-refractivity contribution >= 4 is 21.7 Å². The summed E-state index contributed by atoms with van der Waals surface area (Å²) in [5, 5.41) is 2.79. The van der Waals surface area contributed by atoms with E-state index in [4.69, 9.17) is 0 Å². The van der Waals surface area contributed by atoms with Crippen molar-refractivity contribution < 1.29 is 4.79 Å². The summed E-state index contributed by atoms with van der Waals surface area (Å²) in [6.07, 6.45) is 3.21. The highest BCUT2D eigenvalue weighted by molar-refractivity contribution is 9.10. The Hall–Kier alpha value is -0.740. The van der Waals surface area contributed by atoms with Crippen LogP contribution in [0, 0.1) is 0 Å². The molecule has 3 nitrogen and oxygen atoms in total. The van der Waals surface area contributed by atoms with Crippen LogP contribution in [0.3, 0.4) is 0 Å². The highest BCUT2D eigenvalue weighted by Crippen LogP contribution is 2.09. The van der Waals surface area contributed by atoms with E-state index in [1.54, 1.807) is 25.5 Å². The van der Waals surface area contributed by atoms with Crippen molar-refractivity contribution in [2.45, 2.75) is 0 Å². The van der Waals surface area contributed by atoms with Crippen molar-refractivity contribution in [3.05, 3.63) is 28.5 Å². The fourth-order valence-corrected chi connectivity index (χ4v) is 1.19. The summed E-state index contributed by atoms with van der Waals surface area (Å²) < 4.78 is 0.824. The van der Waals surface area contributed by atoms with Crippen molar-refractivity contribution in [1.82, 2.24) is 10.3 Å². The van der Waals surface area contributed by atoms with Crippen LogP contribution in [0.4, 0.5) is 0 Å². The predicted molar refractivity (Wildman–Crippen MR) is 50.2 cm³/mol. The maximum atomic E-state index is 11.3. The molecular formula is C8H9BrN2O. The van der Waals surface area contributed by atoms with Crippen LogP contribution >= 0.6 is 15.9 Å². The van der Waals surface area contributed by atoms with Crippen molar-refractivity contribution in [2.75, 3.05) is 13.6 Å². The molecule has 0 spiro atoms. The largest absolute Gasteiger partial charge is 0.313 e. The van der Waals surface area contributed by atoms with E-state index in [0.29, 0.717) is 12.1 Å². The number of halogens is 1. The molecule has 0 bridgehead atoms. The average Bonchev–Trinajstić information content (AvgIpc) is 2.05. The summed E-state index contributed by atoms with van der Waals surface area (Å²) in [6.45, 7) is 0.345. The SMILES string of the molecule is CNCC(=O)c1cncc(Br)c1. The fraction of sp³-hybridized carbons (Fsp3) is 0.250. The first kappa shape index (κ1) is 9.35. The maximum Gasteiger partial charge on any atom is 0.178 e. The second kappa shape index (κ2) is 4.33. The van der Waals surface area contributed by atoms with Gasteiger partial charge in [-0.05, 0) is 29.0 Å². The number of pyridine rings is 1. The molecule has 0 aliphatic heterocycles. The van der Waals surface area contributed by atoms with Crippen LogP contribution in [0.2, 0.25) is 0 Å². The van der Waals surface area contributed by atoms with Gasteiger partial charge >= 0.3 is 0 Å². The number of nitrogens with zero attached hydrogens (tertiary/aromatic N) is 1. The van der Waals surface area contributed by atoms with Crippen molar-refractivity contribution in [3.8, 4) is 0 Å². The van der Waals surface area contributed by atoms with Crippen molar-refractivity contribution in [1.29, 1.82) is 0 Å². The normalized spacial score (nSPS) is 9.83. The number of likely N-dealkylation sites (N-methyl/N-ethyl adjacent to an activating group) is 1. The van der Waals surface area contributed by atoms with Crippen molar-refractivity contribution in [2.24, 2.45) is 0 Å². The standard InChI is InChI=1S/C8H9BrN2O/c1-10-5-8(12)6-2-7(9)4-11-3-6/h2-4,10H,5H2,1H3. The average molecular weight is 229 g/mol. The highest BCUT2D eigenvalue weighted by Gasteiger charge is 2.04. The van der Waals surface area contributed by atoms with Gasteiger partial charge in [0.05, 0.1) is 6.54 Å². The van der Waals surface area contributed by atoms with Gasteiger partial charge in [0.15, 0.2) is 5.78 Å². The number of Topliss-reactive ketones (excluding diaryl/α,β-unsaturated/α-hetero) is 1. The lowest BCUT2D eigenvalue weighted by Crippen LogP contribution is -2.18. The van der Waals surface area contributed by atoms with Gasteiger partial charge in [-0.2, -0.15) is 0 Å². The Balaban J connectivity index is 2.81. The monoisotopic (exact) mass is 228 g/mol. The van der Waals surface area contributed by atoms with Gasteiger partial charge in [-0.3, -0.25) is 9.78 Å². The van der Waals surface area contributed by atoms with Gasteiger partial charge in [0.25, 0.3) is 0 Å². The second-order valence-electron chi connectivity index (χ2n) is 2.35. The number of aromatic nitrogens is 1. The van der Waals surface area contributed by atoms with Crippen LogP contribution in [0.25, 0.3) is 0 Å². The van der Waals surface area contributed by atoms with E-state index in [-0.39, 0.29) is 5.78 Å². The van der Waals surface area contributed by atoms with Crippen LogP contribution in [-0.2, 0) is 0 Å². The molecule has 0 saturated heterocycles. The molecule has 12 heavy (non-hydrogen) atoms. The number of carbonyl (C=O) groups is 1. The molecular weight excluding hydrogens is 220 g/mol. The molecule has 0 aliphatic rings. The Morgan fingerprint density at radius 3 is 3.00 bits per heavy atom. The minimum atomic E-state index is 0.0475. The minimum Gasteiger partial charge on any atom is -0.313 e. The smallest absolute Gasteiger partial charge is 0.178 e. The minimum absolute atomic E-state index is 0.0475. The summed E-state index contributed by atoms with van der Waals surface area (Å²) in [5.74, 6) is 0.0475. The van der Waals surface area contributed by atoms with Crippen LogP contribution in [0.1, 0.15) is 10.4 Å². The molecule has 64 valence electrons. The quantitative estimate of drug-likeness (QED) is 0.793. The van der Waals surface area contributed by atoms with E-state index in [2.05, 4.69) is 26.2 Å². The zero-order valence-electron chi connectivity index (χ0n) is 6.67. The van der Waals surface area contributed by atoms with Crippen LogP contribution < -0.4 is 5.32 Å². The summed E-state index contributed by atoms with van der Waals surface area (Å²) >= 11 is 3.25. The first-order valence-corrected chi connectivity index (χ1v) is 4.31. The molecule has 0 amide bonds. The Kier molecular flexibility index (Phi) is 3.37. The van der Waals surface area contributed by atoms with Crippen LogP contribution in [-0.4, -0.2) is 24.4 Å². The predicted octanol–water partition coefficient (Wildman–Crippen LogP) is 1.25. The lowest BCUT2D eigenvalue weighted by molar-refractivity contribution is 0.0993. The molecule has 0 aliphatic carbocycles. The van der Waals surface area contributed by atoms with E-state index in [9.17, 15) is 4.79 Å². The number of nitrogens with one attached hydrogen (secondary N) is 1. The highest BCUT2D eigenvalue weighted by atomic mass is 79.9. The fourth-order valence-electron chi connectivity index (χ4n) is 0.827. The number of hydrogen-bond acceptors (Lipinski definition) is 3. The van der Waals surface area contributed by atoms with E-state index < -0.39 is 0 Å². The van der Waals surface area contributed by atoms with Crippen molar-refractivity contribution in [3.63, 3.8) is 0 Å².